The van der Waals surface area contributed by atoms with Crippen molar-refractivity contribution in [3.63, 3.8) is 0 Å². The number of benzene rings is 2. The number of rotatable bonds is 3. The van der Waals surface area contributed by atoms with Gasteiger partial charge in [0.2, 0.25) is 0 Å². The van der Waals surface area contributed by atoms with Crippen molar-refractivity contribution in [1.82, 2.24) is 4.98 Å². The second-order valence-corrected chi connectivity index (χ2v) is 6.55. The van der Waals surface area contributed by atoms with Crippen molar-refractivity contribution in [3.05, 3.63) is 60.8 Å². The van der Waals surface area contributed by atoms with Crippen molar-refractivity contribution in [1.29, 1.82) is 0 Å². The highest BCUT2D eigenvalue weighted by atomic mass is 16.2. The number of anilines is 3. The molecule has 0 unspecified atom stereocenters. The molecule has 0 radical (unpaired) electrons. The maximum Gasteiger partial charge on any atom is 0.323 e. The van der Waals surface area contributed by atoms with Crippen LogP contribution in [0.4, 0.5) is 21.9 Å². The number of carbonyl (C=O) groups excluding carboxylic acids is 1. The van der Waals surface area contributed by atoms with Gasteiger partial charge in [0.1, 0.15) is 0 Å². The van der Waals surface area contributed by atoms with Gasteiger partial charge in [0, 0.05) is 36.0 Å². The van der Waals surface area contributed by atoms with Gasteiger partial charge in [-0.1, -0.05) is 18.2 Å². The number of urea groups is 1. The first-order valence-electron chi connectivity index (χ1n) is 9.06. The van der Waals surface area contributed by atoms with Crippen LogP contribution in [0.1, 0.15) is 19.3 Å². The van der Waals surface area contributed by atoms with Crippen molar-refractivity contribution in [2.45, 2.75) is 19.3 Å². The number of nitrogens with zero attached hydrogens (tertiary/aromatic N) is 2. The van der Waals surface area contributed by atoms with E-state index in [0.29, 0.717) is 5.69 Å². The molecule has 1 saturated heterocycles. The lowest BCUT2D eigenvalue weighted by Gasteiger charge is -2.28. The molecule has 0 saturated carbocycles. The first-order valence-corrected chi connectivity index (χ1v) is 9.06. The fourth-order valence-corrected chi connectivity index (χ4v) is 3.40. The standard InChI is InChI=1S/C21H22N4O/c26-21(24-19-8-4-6-16-7-5-13-22-20(16)19)23-17-9-11-18(12-10-17)25-14-2-1-3-15-25/h4-13H,1-3,14-15H2,(H2,23,24,26). The smallest absolute Gasteiger partial charge is 0.323 e. The van der Waals surface area contributed by atoms with Gasteiger partial charge >= 0.3 is 6.03 Å². The average Bonchev–Trinajstić information content (AvgIpc) is 2.69. The average molecular weight is 346 g/mol. The van der Waals surface area contributed by atoms with Gasteiger partial charge in [0.05, 0.1) is 11.2 Å². The first kappa shape index (κ1) is 16.4. The molecule has 3 aromatic rings. The topological polar surface area (TPSA) is 57.3 Å². The molecule has 5 nitrogen and oxygen atoms in total. The van der Waals surface area contributed by atoms with Gasteiger partial charge in [-0.25, -0.2) is 4.79 Å². The van der Waals surface area contributed by atoms with Gasteiger partial charge in [-0.3, -0.25) is 4.98 Å². The first-order chi connectivity index (χ1) is 12.8. The van der Waals surface area contributed by atoms with Crippen LogP contribution in [0.2, 0.25) is 0 Å². The molecule has 2 aromatic carbocycles. The predicted molar refractivity (Wildman–Crippen MR) is 107 cm³/mol. The Balaban J connectivity index is 1.43. The zero-order valence-corrected chi connectivity index (χ0v) is 14.6. The van der Waals surface area contributed by atoms with E-state index in [1.54, 1.807) is 6.20 Å². The van der Waals surface area contributed by atoms with Crippen molar-refractivity contribution in [3.8, 4) is 0 Å². The summed E-state index contributed by atoms with van der Waals surface area (Å²) in [6.07, 6.45) is 5.55. The van der Waals surface area contributed by atoms with Crippen LogP contribution in [-0.4, -0.2) is 24.1 Å². The van der Waals surface area contributed by atoms with E-state index in [1.807, 2.05) is 42.5 Å². The number of amides is 2. The minimum atomic E-state index is -0.270. The molecule has 0 spiro atoms. The molecule has 1 aromatic heterocycles. The van der Waals surface area contributed by atoms with E-state index in [4.69, 9.17) is 0 Å². The van der Waals surface area contributed by atoms with Crippen molar-refractivity contribution in [2.24, 2.45) is 0 Å². The van der Waals surface area contributed by atoms with E-state index in [9.17, 15) is 4.79 Å². The van der Waals surface area contributed by atoms with Gasteiger partial charge in [-0.2, -0.15) is 0 Å². The normalized spacial score (nSPS) is 14.2. The summed E-state index contributed by atoms with van der Waals surface area (Å²) < 4.78 is 0. The van der Waals surface area contributed by atoms with Crippen LogP contribution in [0.3, 0.4) is 0 Å². The number of para-hydroxylation sites is 1. The molecular weight excluding hydrogens is 324 g/mol. The lowest BCUT2D eigenvalue weighted by molar-refractivity contribution is 0.262. The predicted octanol–water partition coefficient (Wildman–Crippen LogP) is 4.87. The number of pyridine rings is 1. The highest BCUT2D eigenvalue weighted by Gasteiger charge is 2.11. The van der Waals surface area contributed by atoms with Gasteiger partial charge < -0.3 is 15.5 Å². The molecule has 1 aliphatic rings. The Labute approximate surface area is 153 Å². The molecule has 26 heavy (non-hydrogen) atoms. The van der Waals surface area contributed by atoms with Crippen LogP contribution >= 0.6 is 0 Å². The minimum absolute atomic E-state index is 0.270. The molecule has 2 amide bonds. The fraction of sp³-hybridized carbons (Fsp3) is 0.238. The number of nitrogens with one attached hydrogen (secondary N) is 2. The summed E-state index contributed by atoms with van der Waals surface area (Å²) in [6, 6.07) is 17.4. The van der Waals surface area contributed by atoms with Crippen molar-refractivity contribution in [2.75, 3.05) is 28.6 Å². The van der Waals surface area contributed by atoms with E-state index >= 15 is 0 Å². The highest BCUT2D eigenvalue weighted by molar-refractivity contribution is 6.05. The van der Waals surface area contributed by atoms with Crippen LogP contribution in [0.5, 0.6) is 0 Å². The third-order valence-electron chi connectivity index (χ3n) is 4.73. The van der Waals surface area contributed by atoms with Crippen molar-refractivity contribution >= 4 is 34.0 Å². The van der Waals surface area contributed by atoms with E-state index in [0.717, 1.165) is 29.7 Å². The second-order valence-electron chi connectivity index (χ2n) is 6.55. The molecule has 2 N–H and O–H groups in total. The SMILES string of the molecule is O=C(Nc1ccc(N2CCCCC2)cc1)Nc1cccc2cccnc12. The van der Waals surface area contributed by atoms with E-state index in [1.165, 1.54) is 24.9 Å². The molecule has 5 heteroatoms. The maximum atomic E-state index is 12.4. The molecule has 1 aliphatic heterocycles. The number of carbonyl (C=O) groups is 1. The molecule has 4 rings (SSSR count). The Bertz CT molecular complexity index is 896. The highest BCUT2D eigenvalue weighted by Crippen LogP contribution is 2.23. The summed E-state index contributed by atoms with van der Waals surface area (Å²) in [5, 5.41) is 6.77. The lowest BCUT2D eigenvalue weighted by Crippen LogP contribution is -2.29. The zero-order valence-electron chi connectivity index (χ0n) is 14.6. The van der Waals surface area contributed by atoms with Crippen LogP contribution in [-0.2, 0) is 0 Å². The van der Waals surface area contributed by atoms with E-state index in [-0.39, 0.29) is 6.03 Å². The molecular formula is C21H22N4O. The summed E-state index contributed by atoms with van der Waals surface area (Å²) in [7, 11) is 0. The molecule has 132 valence electrons. The van der Waals surface area contributed by atoms with Gasteiger partial charge in [-0.05, 0) is 55.7 Å². The Kier molecular flexibility index (Phi) is 4.69. The Morgan fingerprint density at radius 1 is 0.885 bits per heavy atom. The second kappa shape index (κ2) is 7.44. The Hall–Kier alpha value is -3.08. The molecule has 2 heterocycles. The lowest BCUT2D eigenvalue weighted by atomic mass is 10.1. The molecule has 0 bridgehead atoms. The number of aromatic nitrogens is 1. The van der Waals surface area contributed by atoms with Crippen LogP contribution in [0.25, 0.3) is 10.9 Å². The summed E-state index contributed by atoms with van der Waals surface area (Å²) in [4.78, 5) is 19.1. The quantitative estimate of drug-likeness (QED) is 0.711. The third kappa shape index (κ3) is 3.61. The number of hydrogen-bond donors (Lipinski definition) is 2. The summed E-state index contributed by atoms with van der Waals surface area (Å²) >= 11 is 0. The summed E-state index contributed by atoms with van der Waals surface area (Å²) in [5.41, 5.74) is 3.47. The largest absolute Gasteiger partial charge is 0.372 e. The zero-order chi connectivity index (χ0) is 17.8. The minimum Gasteiger partial charge on any atom is -0.372 e. The molecule has 1 fully saturated rings. The van der Waals surface area contributed by atoms with Crippen LogP contribution < -0.4 is 15.5 Å². The summed E-state index contributed by atoms with van der Waals surface area (Å²) in [5.74, 6) is 0. The van der Waals surface area contributed by atoms with Gasteiger partial charge in [0.15, 0.2) is 0 Å². The van der Waals surface area contributed by atoms with Crippen LogP contribution in [0, 0.1) is 0 Å². The molecule has 0 aliphatic carbocycles. The monoisotopic (exact) mass is 346 g/mol. The number of fused-ring (bicyclic) bond motifs is 1. The third-order valence-corrected chi connectivity index (χ3v) is 4.73. The molecule has 0 atom stereocenters. The Morgan fingerprint density at radius 3 is 2.46 bits per heavy atom. The number of piperidine rings is 1. The fourth-order valence-electron chi connectivity index (χ4n) is 3.40. The van der Waals surface area contributed by atoms with Crippen LogP contribution in [0.15, 0.2) is 60.8 Å². The number of hydrogen-bond acceptors (Lipinski definition) is 3. The van der Waals surface area contributed by atoms with E-state index in [2.05, 4.69) is 32.7 Å². The van der Waals surface area contributed by atoms with Gasteiger partial charge in [-0.15, -0.1) is 0 Å². The summed E-state index contributed by atoms with van der Waals surface area (Å²) in [6.45, 7) is 2.22. The van der Waals surface area contributed by atoms with Crippen molar-refractivity contribution < 1.29 is 4.79 Å². The van der Waals surface area contributed by atoms with Gasteiger partial charge in [0.25, 0.3) is 0 Å². The maximum absolute atomic E-state index is 12.4. The van der Waals surface area contributed by atoms with E-state index < -0.39 is 0 Å². The Morgan fingerprint density at radius 2 is 1.65 bits per heavy atom.